The number of hydrogen-bond donors (Lipinski definition) is 3. The number of sulfonamides is 1. The van der Waals surface area contributed by atoms with Gasteiger partial charge in [-0.15, -0.1) is 0 Å². The Balaban J connectivity index is 1.85. The van der Waals surface area contributed by atoms with Crippen LogP contribution in [-0.2, 0) is 10.0 Å². The van der Waals surface area contributed by atoms with E-state index in [-0.39, 0.29) is 18.3 Å². The van der Waals surface area contributed by atoms with Crippen molar-refractivity contribution in [2.45, 2.75) is 0 Å². The molecule has 8 heteroatoms. The van der Waals surface area contributed by atoms with E-state index >= 15 is 0 Å². The molecule has 2 aromatic rings. The first-order chi connectivity index (χ1) is 9.05. The SMILES string of the molecule is Nc1cccc(OCCS(=O)(=O)Nc2ncc[nH]2)c1. The highest BCUT2D eigenvalue weighted by Gasteiger charge is 2.11. The predicted molar refractivity (Wildman–Crippen MR) is 72.3 cm³/mol. The van der Waals surface area contributed by atoms with E-state index in [9.17, 15) is 8.42 Å². The number of rotatable bonds is 6. The van der Waals surface area contributed by atoms with Crippen LogP contribution in [0.4, 0.5) is 11.6 Å². The molecule has 0 aliphatic carbocycles. The third kappa shape index (κ3) is 4.18. The van der Waals surface area contributed by atoms with E-state index in [1.165, 1.54) is 12.4 Å². The van der Waals surface area contributed by atoms with E-state index in [1.807, 2.05) is 0 Å². The Bertz CT molecular complexity index is 625. The van der Waals surface area contributed by atoms with Gasteiger partial charge < -0.3 is 15.5 Å². The molecule has 4 N–H and O–H groups in total. The van der Waals surface area contributed by atoms with Gasteiger partial charge in [-0.2, -0.15) is 0 Å². The Morgan fingerprint density at radius 1 is 1.42 bits per heavy atom. The molecule has 1 aromatic carbocycles. The second-order valence-electron chi connectivity index (χ2n) is 3.78. The predicted octanol–water partition coefficient (Wildman–Crippen LogP) is 0.813. The standard InChI is InChI=1S/C11H14N4O3S/c12-9-2-1-3-10(8-9)18-6-7-19(16,17)15-11-13-4-5-14-11/h1-5,8H,6-7,12H2,(H2,13,14,15). The molecular weight excluding hydrogens is 268 g/mol. The van der Waals surface area contributed by atoms with E-state index in [0.29, 0.717) is 11.4 Å². The number of nitrogens with one attached hydrogen (secondary N) is 2. The van der Waals surface area contributed by atoms with Crippen LogP contribution in [0.2, 0.25) is 0 Å². The van der Waals surface area contributed by atoms with Crippen molar-refractivity contribution in [1.29, 1.82) is 0 Å². The number of nitrogens with zero attached hydrogens (tertiary/aromatic N) is 1. The summed E-state index contributed by atoms with van der Waals surface area (Å²) in [5.74, 6) is 0.542. The Morgan fingerprint density at radius 2 is 2.26 bits per heavy atom. The molecule has 0 saturated carbocycles. The number of anilines is 2. The van der Waals surface area contributed by atoms with Gasteiger partial charge in [-0.05, 0) is 12.1 Å². The van der Waals surface area contributed by atoms with Gasteiger partial charge in [0.1, 0.15) is 18.1 Å². The van der Waals surface area contributed by atoms with E-state index in [2.05, 4.69) is 14.7 Å². The zero-order valence-electron chi connectivity index (χ0n) is 10.0. The lowest BCUT2D eigenvalue weighted by atomic mass is 10.3. The topological polar surface area (TPSA) is 110 Å². The molecule has 0 bridgehead atoms. The van der Waals surface area contributed by atoms with Crippen LogP contribution in [0.1, 0.15) is 0 Å². The first-order valence-electron chi connectivity index (χ1n) is 5.53. The third-order valence-corrected chi connectivity index (χ3v) is 3.44. The first-order valence-corrected chi connectivity index (χ1v) is 7.19. The minimum Gasteiger partial charge on any atom is -0.492 e. The van der Waals surface area contributed by atoms with Crippen molar-refractivity contribution in [2.24, 2.45) is 0 Å². The van der Waals surface area contributed by atoms with Crippen molar-refractivity contribution in [1.82, 2.24) is 9.97 Å². The average molecular weight is 282 g/mol. The summed E-state index contributed by atoms with van der Waals surface area (Å²) in [6, 6.07) is 6.80. The molecule has 0 unspecified atom stereocenters. The molecule has 1 aromatic heterocycles. The van der Waals surface area contributed by atoms with Crippen LogP contribution in [0.5, 0.6) is 5.75 Å². The molecule has 0 aliphatic rings. The van der Waals surface area contributed by atoms with Crippen molar-refractivity contribution >= 4 is 21.7 Å². The summed E-state index contributed by atoms with van der Waals surface area (Å²) in [5.41, 5.74) is 6.15. The molecular formula is C11H14N4O3S. The Labute approximate surface area is 110 Å². The maximum atomic E-state index is 11.7. The summed E-state index contributed by atoms with van der Waals surface area (Å²) < 4.78 is 31.0. The van der Waals surface area contributed by atoms with Gasteiger partial charge in [0.25, 0.3) is 0 Å². The molecule has 7 nitrogen and oxygen atoms in total. The monoisotopic (exact) mass is 282 g/mol. The Morgan fingerprint density at radius 3 is 2.95 bits per heavy atom. The summed E-state index contributed by atoms with van der Waals surface area (Å²) in [6.45, 7) is 0.0273. The quantitative estimate of drug-likeness (QED) is 0.679. The number of hydrogen-bond acceptors (Lipinski definition) is 5. The van der Waals surface area contributed by atoms with Crippen LogP contribution in [-0.4, -0.2) is 30.7 Å². The van der Waals surface area contributed by atoms with Crippen LogP contribution in [0, 0.1) is 0 Å². The summed E-state index contributed by atoms with van der Waals surface area (Å²) in [5, 5.41) is 0. The van der Waals surface area contributed by atoms with Crippen molar-refractivity contribution in [3.63, 3.8) is 0 Å². The summed E-state index contributed by atoms with van der Waals surface area (Å²) in [4.78, 5) is 6.43. The maximum absolute atomic E-state index is 11.7. The highest BCUT2D eigenvalue weighted by molar-refractivity contribution is 7.92. The van der Waals surface area contributed by atoms with E-state index in [4.69, 9.17) is 10.5 Å². The lowest BCUT2D eigenvalue weighted by Crippen LogP contribution is -2.21. The Kier molecular flexibility index (Phi) is 3.91. The van der Waals surface area contributed by atoms with Crippen LogP contribution >= 0.6 is 0 Å². The van der Waals surface area contributed by atoms with Crippen LogP contribution < -0.4 is 15.2 Å². The molecule has 19 heavy (non-hydrogen) atoms. The van der Waals surface area contributed by atoms with Crippen LogP contribution in [0.15, 0.2) is 36.7 Å². The molecule has 0 amide bonds. The average Bonchev–Trinajstić information content (AvgIpc) is 2.80. The van der Waals surface area contributed by atoms with Gasteiger partial charge in [0.05, 0.1) is 0 Å². The largest absolute Gasteiger partial charge is 0.492 e. The molecule has 0 fully saturated rings. The van der Waals surface area contributed by atoms with Gasteiger partial charge in [0.2, 0.25) is 16.0 Å². The van der Waals surface area contributed by atoms with E-state index < -0.39 is 10.0 Å². The van der Waals surface area contributed by atoms with Crippen molar-refractivity contribution in [2.75, 3.05) is 22.8 Å². The second kappa shape index (κ2) is 5.61. The minimum atomic E-state index is -3.48. The molecule has 0 radical (unpaired) electrons. The first kappa shape index (κ1) is 13.2. The fourth-order valence-corrected chi connectivity index (χ4v) is 2.20. The van der Waals surface area contributed by atoms with Gasteiger partial charge in [-0.3, -0.25) is 4.72 Å². The summed E-state index contributed by atoms with van der Waals surface area (Å²) in [7, 11) is -3.48. The fraction of sp³-hybridized carbons (Fsp3) is 0.182. The number of nitrogen functional groups attached to an aromatic ring is 1. The van der Waals surface area contributed by atoms with Crippen molar-refractivity contribution in [3.8, 4) is 5.75 Å². The zero-order valence-corrected chi connectivity index (χ0v) is 10.9. The highest BCUT2D eigenvalue weighted by atomic mass is 32.2. The van der Waals surface area contributed by atoms with Gasteiger partial charge in [-0.1, -0.05) is 6.07 Å². The smallest absolute Gasteiger partial charge is 0.238 e. The number of benzene rings is 1. The van der Waals surface area contributed by atoms with Gasteiger partial charge >= 0.3 is 0 Å². The molecule has 2 rings (SSSR count). The fourth-order valence-electron chi connectivity index (χ4n) is 1.39. The summed E-state index contributed by atoms with van der Waals surface area (Å²) in [6.07, 6.45) is 2.99. The number of ether oxygens (including phenoxy) is 1. The van der Waals surface area contributed by atoms with Crippen molar-refractivity contribution < 1.29 is 13.2 Å². The second-order valence-corrected chi connectivity index (χ2v) is 5.62. The Hall–Kier alpha value is -2.22. The number of imidazole rings is 1. The zero-order chi connectivity index (χ0) is 13.7. The summed E-state index contributed by atoms with van der Waals surface area (Å²) >= 11 is 0. The molecule has 1 heterocycles. The molecule has 102 valence electrons. The van der Waals surface area contributed by atoms with Gasteiger partial charge in [0.15, 0.2) is 0 Å². The maximum Gasteiger partial charge on any atom is 0.238 e. The van der Waals surface area contributed by atoms with Gasteiger partial charge in [-0.25, -0.2) is 13.4 Å². The van der Waals surface area contributed by atoms with E-state index in [1.54, 1.807) is 24.3 Å². The highest BCUT2D eigenvalue weighted by Crippen LogP contribution is 2.14. The van der Waals surface area contributed by atoms with Crippen LogP contribution in [0.25, 0.3) is 0 Å². The third-order valence-electron chi connectivity index (χ3n) is 2.23. The van der Waals surface area contributed by atoms with Crippen molar-refractivity contribution in [3.05, 3.63) is 36.7 Å². The molecule has 0 spiro atoms. The lowest BCUT2D eigenvalue weighted by molar-refractivity contribution is 0.341. The lowest BCUT2D eigenvalue weighted by Gasteiger charge is -2.08. The number of aromatic amines is 1. The minimum absolute atomic E-state index is 0.0273. The van der Waals surface area contributed by atoms with E-state index in [0.717, 1.165) is 0 Å². The molecule has 0 atom stereocenters. The van der Waals surface area contributed by atoms with Crippen LogP contribution in [0.3, 0.4) is 0 Å². The number of H-pyrrole nitrogens is 1. The molecule has 0 aliphatic heterocycles. The molecule has 0 saturated heterocycles. The normalized spacial score (nSPS) is 11.2. The number of nitrogens with two attached hydrogens (primary N) is 1. The van der Waals surface area contributed by atoms with Gasteiger partial charge in [0, 0.05) is 24.1 Å². The number of aromatic nitrogens is 2.